The van der Waals surface area contributed by atoms with Gasteiger partial charge in [0.25, 0.3) is 0 Å². The van der Waals surface area contributed by atoms with Gasteiger partial charge in [0.05, 0.1) is 6.61 Å². The Bertz CT molecular complexity index is 208. The van der Waals surface area contributed by atoms with Crippen molar-refractivity contribution in [1.29, 1.82) is 0 Å². The maximum Gasteiger partial charge on any atom is 0.169 e. The Morgan fingerprint density at radius 1 is 1.89 bits per heavy atom. The van der Waals surface area contributed by atoms with Crippen LogP contribution in [-0.4, -0.2) is 16.4 Å². The summed E-state index contributed by atoms with van der Waals surface area (Å²) in [5.41, 5.74) is 0.393. The predicted octanol–water partition coefficient (Wildman–Crippen LogP) is 0.448. The molecule has 9 heavy (non-hydrogen) atoms. The third-order valence-corrected chi connectivity index (χ3v) is 1.68. The number of hydrogen-bond acceptors (Lipinski definition) is 4. The standard InChI is InChI=1S/C5H5NO2S/c7-1-4-3-9-5(2-8)6-4/h1,3,8H,2H2. The largest absolute Gasteiger partial charge is 0.389 e. The van der Waals surface area contributed by atoms with Crippen molar-refractivity contribution in [2.75, 3.05) is 0 Å². The van der Waals surface area contributed by atoms with E-state index in [2.05, 4.69) is 4.98 Å². The lowest BCUT2D eigenvalue weighted by atomic mass is 10.6. The molecule has 1 aromatic rings. The smallest absolute Gasteiger partial charge is 0.169 e. The Labute approximate surface area is 56.0 Å². The molecular weight excluding hydrogens is 138 g/mol. The van der Waals surface area contributed by atoms with E-state index in [1.807, 2.05) is 0 Å². The molecule has 0 aliphatic heterocycles. The summed E-state index contributed by atoms with van der Waals surface area (Å²) in [7, 11) is 0. The van der Waals surface area contributed by atoms with Crippen LogP contribution in [0.2, 0.25) is 0 Å². The Morgan fingerprint density at radius 2 is 2.67 bits per heavy atom. The van der Waals surface area contributed by atoms with Crippen molar-refractivity contribution >= 4 is 17.6 Å². The molecule has 0 fully saturated rings. The van der Waals surface area contributed by atoms with Gasteiger partial charge in [-0.3, -0.25) is 4.79 Å². The van der Waals surface area contributed by atoms with Gasteiger partial charge in [0.1, 0.15) is 10.7 Å². The van der Waals surface area contributed by atoms with Crippen molar-refractivity contribution in [2.45, 2.75) is 6.61 Å². The van der Waals surface area contributed by atoms with E-state index in [0.29, 0.717) is 17.0 Å². The zero-order valence-electron chi connectivity index (χ0n) is 4.57. The third-order valence-electron chi connectivity index (χ3n) is 0.826. The molecule has 0 unspecified atom stereocenters. The monoisotopic (exact) mass is 143 g/mol. The zero-order chi connectivity index (χ0) is 6.69. The SMILES string of the molecule is O=Cc1csc(CO)n1. The second kappa shape index (κ2) is 2.70. The Morgan fingerprint density at radius 3 is 3.00 bits per heavy atom. The molecule has 0 atom stereocenters. The molecule has 48 valence electrons. The summed E-state index contributed by atoms with van der Waals surface area (Å²) in [4.78, 5) is 13.7. The van der Waals surface area contributed by atoms with Crippen LogP contribution in [-0.2, 0) is 6.61 Å². The minimum absolute atomic E-state index is 0.0848. The van der Waals surface area contributed by atoms with Gasteiger partial charge in [-0.1, -0.05) is 0 Å². The van der Waals surface area contributed by atoms with Crippen LogP contribution in [0, 0.1) is 0 Å². The van der Waals surface area contributed by atoms with E-state index in [-0.39, 0.29) is 6.61 Å². The van der Waals surface area contributed by atoms with Crippen LogP contribution in [0.4, 0.5) is 0 Å². The molecule has 0 aromatic carbocycles. The number of aliphatic hydroxyl groups is 1. The Hall–Kier alpha value is -0.740. The fraction of sp³-hybridized carbons (Fsp3) is 0.200. The number of aromatic nitrogens is 1. The van der Waals surface area contributed by atoms with E-state index in [9.17, 15) is 4.79 Å². The molecule has 1 heterocycles. The third kappa shape index (κ3) is 1.34. The van der Waals surface area contributed by atoms with Gasteiger partial charge in [-0.25, -0.2) is 4.98 Å². The summed E-state index contributed by atoms with van der Waals surface area (Å²) < 4.78 is 0. The van der Waals surface area contributed by atoms with Crippen molar-refractivity contribution in [1.82, 2.24) is 4.98 Å². The first-order chi connectivity index (χ1) is 4.36. The van der Waals surface area contributed by atoms with E-state index >= 15 is 0 Å². The summed E-state index contributed by atoms with van der Waals surface area (Å²) >= 11 is 1.28. The summed E-state index contributed by atoms with van der Waals surface area (Å²) in [6.45, 7) is -0.0848. The van der Waals surface area contributed by atoms with Crippen LogP contribution in [0.3, 0.4) is 0 Å². The van der Waals surface area contributed by atoms with Gasteiger partial charge in [-0.2, -0.15) is 0 Å². The summed E-state index contributed by atoms with van der Waals surface area (Å²) in [6.07, 6.45) is 0.662. The lowest BCUT2D eigenvalue weighted by Crippen LogP contribution is -1.82. The first-order valence-electron chi connectivity index (χ1n) is 2.37. The fourth-order valence-corrected chi connectivity index (χ4v) is 1.05. The minimum Gasteiger partial charge on any atom is -0.389 e. The molecule has 1 N–H and O–H groups in total. The summed E-state index contributed by atoms with van der Waals surface area (Å²) in [6, 6.07) is 0. The van der Waals surface area contributed by atoms with E-state index in [0.717, 1.165) is 0 Å². The first-order valence-corrected chi connectivity index (χ1v) is 3.25. The van der Waals surface area contributed by atoms with Crippen LogP contribution < -0.4 is 0 Å². The number of hydrogen-bond donors (Lipinski definition) is 1. The average Bonchev–Trinajstić information content (AvgIpc) is 2.34. The molecule has 0 aliphatic carbocycles. The second-order valence-electron chi connectivity index (χ2n) is 1.44. The van der Waals surface area contributed by atoms with Crippen molar-refractivity contribution in [3.8, 4) is 0 Å². The van der Waals surface area contributed by atoms with Crippen LogP contribution >= 0.6 is 11.3 Å². The highest BCUT2D eigenvalue weighted by atomic mass is 32.1. The zero-order valence-corrected chi connectivity index (χ0v) is 5.39. The van der Waals surface area contributed by atoms with Gasteiger partial charge in [0, 0.05) is 5.38 Å². The molecule has 0 saturated carbocycles. The predicted molar refractivity (Wildman–Crippen MR) is 33.4 cm³/mol. The van der Waals surface area contributed by atoms with Crippen molar-refractivity contribution < 1.29 is 9.90 Å². The van der Waals surface area contributed by atoms with E-state index in [1.165, 1.54) is 11.3 Å². The normalized spacial score (nSPS) is 9.44. The second-order valence-corrected chi connectivity index (χ2v) is 2.38. The van der Waals surface area contributed by atoms with Gasteiger partial charge in [-0.05, 0) is 0 Å². The number of aliphatic hydroxyl groups excluding tert-OH is 1. The first kappa shape index (κ1) is 6.38. The fourth-order valence-electron chi connectivity index (χ4n) is 0.452. The number of aldehydes is 1. The van der Waals surface area contributed by atoms with Gasteiger partial charge >= 0.3 is 0 Å². The molecule has 0 spiro atoms. The molecule has 1 aromatic heterocycles. The molecule has 0 radical (unpaired) electrons. The lowest BCUT2D eigenvalue weighted by molar-refractivity contribution is 0.111. The molecule has 4 heteroatoms. The minimum atomic E-state index is -0.0848. The van der Waals surface area contributed by atoms with Gasteiger partial charge in [-0.15, -0.1) is 11.3 Å². The number of rotatable bonds is 2. The molecule has 3 nitrogen and oxygen atoms in total. The molecule has 0 saturated heterocycles. The van der Waals surface area contributed by atoms with E-state index < -0.39 is 0 Å². The number of nitrogens with zero attached hydrogens (tertiary/aromatic N) is 1. The van der Waals surface area contributed by atoms with Crippen LogP contribution in [0.25, 0.3) is 0 Å². The van der Waals surface area contributed by atoms with E-state index in [4.69, 9.17) is 5.11 Å². The maximum atomic E-state index is 10.00. The van der Waals surface area contributed by atoms with Gasteiger partial charge in [0.15, 0.2) is 6.29 Å². The number of carbonyl (C=O) groups is 1. The molecule has 0 aliphatic rings. The molecule has 0 amide bonds. The van der Waals surface area contributed by atoms with Crippen LogP contribution in [0.15, 0.2) is 5.38 Å². The average molecular weight is 143 g/mol. The van der Waals surface area contributed by atoms with Crippen molar-refractivity contribution in [2.24, 2.45) is 0 Å². The summed E-state index contributed by atoms with van der Waals surface area (Å²) in [5, 5.41) is 10.7. The Balaban J connectivity index is 2.86. The lowest BCUT2D eigenvalue weighted by Gasteiger charge is -1.79. The number of thiazole rings is 1. The van der Waals surface area contributed by atoms with Crippen LogP contribution in [0.5, 0.6) is 0 Å². The van der Waals surface area contributed by atoms with Crippen molar-refractivity contribution in [3.63, 3.8) is 0 Å². The van der Waals surface area contributed by atoms with E-state index in [1.54, 1.807) is 5.38 Å². The van der Waals surface area contributed by atoms with Crippen molar-refractivity contribution in [3.05, 3.63) is 16.1 Å². The molecule has 1 rings (SSSR count). The molecule has 0 bridgehead atoms. The highest BCUT2D eigenvalue weighted by Crippen LogP contribution is 2.06. The maximum absolute atomic E-state index is 10.00. The Kier molecular flexibility index (Phi) is 1.92. The quantitative estimate of drug-likeness (QED) is 0.611. The molecular formula is C5H5NO2S. The van der Waals surface area contributed by atoms with Crippen LogP contribution in [0.1, 0.15) is 15.5 Å². The van der Waals surface area contributed by atoms with Gasteiger partial charge < -0.3 is 5.11 Å². The number of carbonyl (C=O) groups excluding carboxylic acids is 1. The highest BCUT2D eigenvalue weighted by Gasteiger charge is 1.96. The van der Waals surface area contributed by atoms with Gasteiger partial charge in [0.2, 0.25) is 0 Å². The topological polar surface area (TPSA) is 50.2 Å². The highest BCUT2D eigenvalue weighted by molar-refractivity contribution is 7.09. The summed E-state index contributed by atoms with van der Waals surface area (Å²) in [5.74, 6) is 0.